The summed E-state index contributed by atoms with van der Waals surface area (Å²) >= 11 is 3.25. The highest BCUT2D eigenvalue weighted by Gasteiger charge is 2.35. The number of unbranched alkanes of at least 4 members (excludes halogenated alkanes) is 2. The van der Waals surface area contributed by atoms with Crippen LogP contribution < -0.4 is 0 Å². The molecule has 0 amide bonds. The topological polar surface area (TPSA) is 0 Å². The summed E-state index contributed by atoms with van der Waals surface area (Å²) in [5.41, 5.74) is -0.458. The van der Waals surface area contributed by atoms with Gasteiger partial charge < -0.3 is 0 Å². The predicted molar refractivity (Wildman–Crippen MR) is 87.5 cm³/mol. The smallest absolute Gasteiger partial charge is 0.203 e. The first-order chi connectivity index (χ1) is 10.9. The average Bonchev–Trinajstić information content (AvgIpc) is 2.51. The van der Waals surface area contributed by atoms with Crippen LogP contribution >= 0.6 is 15.9 Å². The number of hydrogen-bond donors (Lipinski definition) is 0. The van der Waals surface area contributed by atoms with Gasteiger partial charge in [-0.25, -0.2) is 17.6 Å². The predicted octanol–water partition coefficient (Wildman–Crippen LogP) is 7.07. The highest BCUT2D eigenvalue weighted by molar-refractivity contribution is 9.10. The van der Waals surface area contributed by atoms with Gasteiger partial charge in [-0.05, 0) is 30.2 Å². The van der Waals surface area contributed by atoms with Crippen molar-refractivity contribution < 1.29 is 17.6 Å². The Bertz CT molecular complexity index is 665. The normalized spacial score (nSPS) is 11.7. The standard InChI is InChI=1S/C18H17BrF4/c1-2-3-4-11-18(22,23)15-10-9-14(16(20)17(15)21)12-5-7-13(19)8-6-12/h5-10H,2-4,11H2,1H3. The molecule has 0 heterocycles. The second kappa shape index (κ2) is 7.47. The highest BCUT2D eigenvalue weighted by Crippen LogP contribution is 2.38. The van der Waals surface area contributed by atoms with E-state index in [9.17, 15) is 17.6 Å². The second-order valence-corrected chi connectivity index (χ2v) is 6.37. The van der Waals surface area contributed by atoms with E-state index >= 15 is 0 Å². The summed E-state index contributed by atoms with van der Waals surface area (Å²) in [5.74, 6) is -6.06. The first-order valence-corrected chi connectivity index (χ1v) is 8.28. The average molecular weight is 389 g/mol. The Hall–Kier alpha value is -1.36. The monoisotopic (exact) mass is 388 g/mol. The second-order valence-electron chi connectivity index (χ2n) is 5.46. The molecule has 0 aromatic heterocycles. The molecule has 0 atom stereocenters. The van der Waals surface area contributed by atoms with Crippen molar-refractivity contribution in [2.75, 3.05) is 0 Å². The molecule has 2 rings (SSSR count). The van der Waals surface area contributed by atoms with Gasteiger partial charge in [0.1, 0.15) is 0 Å². The van der Waals surface area contributed by atoms with Crippen LogP contribution in [0.4, 0.5) is 17.6 Å². The molecule has 0 N–H and O–H groups in total. The van der Waals surface area contributed by atoms with Gasteiger partial charge in [-0.1, -0.05) is 53.9 Å². The maximum atomic E-state index is 14.2. The van der Waals surface area contributed by atoms with Crippen molar-refractivity contribution in [1.82, 2.24) is 0 Å². The van der Waals surface area contributed by atoms with Crippen molar-refractivity contribution in [2.45, 2.75) is 38.5 Å². The molecule has 0 aliphatic rings. The lowest BCUT2D eigenvalue weighted by Crippen LogP contribution is -2.16. The van der Waals surface area contributed by atoms with Crippen LogP contribution in [-0.2, 0) is 5.92 Å². The Morgan fingerprint density at radius 3 is 2.17 bits per heavy atom. The van der Waals surface area contributed by atoms with Crippen LogP contribution in [0, 0.1) is 11.6 Å². The lowest BCUT2D eigenvalue weighted by Gasteiger charge is -2.18. The third-order valence-corrected chi connectivity index (χ3v) is 4.25. The van der Waals surface area contributed by atoms with Crippen molar-refractivity contribution in [3.05, 3.63) is 58.1 Å². The minimum atomic E-state index is -3.36. The number of rotatable bonds is 6. The molecule has 23 heavy (non-hydrogen) atoms. The Labute approximate surface area is 141 Å². The zero-order chi connectivity index (χ0) is 17.0. The van der Waals surface area contributed by atoms with E-state index in [2.05, 4.69) is 15.9 Å². The SMILES string of the molecule is CCCCCC(F)(F)c1ccc(-c2ccc(Br)cc2)c(F)c1F. The molecule has 0 bridgehead atoms. The molecule has 0 saturated heterocycles. The minimum absolute atomic E-state index is 0.0249. The Morgan fingerprint density at radius 1 is 0.913 bits per heavy atom. The fraction of sp³-hybridized carbons (Fsp3) is 0.333. The summed E-state index contributed by atoms with van der Waals surface area (Å²) < 4.78 is 57.4. The minimum Gasteiger partial charge on any atom is -0.203 e. The molecule has 0 saturated carbocycles. The lowest BCUT2D eigenvalue weighted by atomic mass is 9.97. The van der Waals surface area contributed by atoms with Crippen molar-refractivity contribution >= 4 is 15.9 Å². The van der Waals surface area contributed by atoms with Crippen LogP contribution in [0.15, 0.2) is 40.9 Å². The summed E-state index contributed by atoms with van der Waals surface area (Å²) in [4.78, 5) is 0. The molecule has 2 aromatic carbocycles. The zero-order valence-corrected chi connectivity index (χ0v) is 14.3. The fourth-order valence-corrected chi connectivity index (χ4v) is 2.68. The lowest BCUT2D eigenvalue weighted by molar-refractivity contribution is -0.0195. The maximum Gasteiger partial charge on any atom is 0.276 e. The van der Waals surface area contributed by atoms with Crippen molar-refractivity contribution in [2.24, 2.45) is 0 Å². The Morgan fingerprint density at radius 2 is 1.57 bits per heavy atom. The van der Waals surface area contributed by atoms with Gasteiger partial charge in [-0.3, -0.25) is 0 Å². The largest absolute Gasteiger partial charge is 0.276 e. The van der Waals surface area contributed by atoms with Crippen molar-refractivity contribution in [3.8, 4) is 11.1 Å². The van der Waals surface area contributed by atoms with E-state index in [1.165, 1.54) is 6.07 Å². The van der Waals surface area contributed by atoms with E-state index in [4.69, 9.17) is 0 Å². The molecule has 0 unspecified atom stereocenters. The molecule has 0 nitrogen and oxygen atoms in total. The van der Waals surface area contributed by atoms with Gasteiger partial charge in [0.2, 0.25) is 0 Å². The molecule has 0 aliphatic carbocycles. The summed E-state index contributed by atoms with van der Waals surface area (Å²) in [5, 5.41) is 0. The first-order valence-electron chi connectivity index (χ1n) is 7.49. The van der Waals surface area contributed by atoms with Gasteiger partial charge in [0.25, 0.3) is 5.92 Å². The van der Waals surface area contributed by atoms with E-state index in [-0.39, 0.29) is 12.0 Å². The quantitative estimate of drug-likeness (QED) is 0.366. The van der Waals surface area contributed by atoms with Gasteiger partial charge in [0, 0.05) is 16.5 Å². The first kappa shape index (κ1) is 18.0. The van der Waals surface area contributed by atoms with Crippen LogP contribution in [-0.4, -0.2) is 0 Å². The van der Waals surface area contributed by atoms with E-state index in [0.717, 1.165) is 17.0 Å². The molecule has 124 valence electrons. The molecule has 0 spiro atoms. The summed E-state index contributed by atoms with van der Waals surface area (Å²) in [7, 11) is 0. The van der Waals surface area contributed by atoms with E-state index in [1.54, 1.807) is 24.3 Å². The van der Waals surface area contributed by atoms with Crippen molar-refractivity contribution in [3.63, 3.8) is 0 Å². The van der Waals surface area contributed by atoms with E-state index in [1.807, 2.05) is 6.92 Å². The molecular formula is C18H17BrF4. The van der Waals surface area contributed by atoms with Gasteiger partial charge in [-0.15, -0.1) is 0 Å². The van der Waals surface area contributed by atoms with E-state index in [0.29, 0.717) is 12.0 Å². The highest BCUT2D eigenvalue weighted by atomic mass is 79.9. The Balaban J connectivity index is 2.35. The number of hydrogen-bond acceptors (Lipinski definition) is 0. The van der Waals surface area contributed by atoms with Crippen LogP contribution in [0.5, 0.6) is 0 Å². The van der Waals surface area contributed by atoms with Gasteiger partial charge in [0.05, 0.1) is 5.56 Å². The third-order valence-electron chi connectivity index (χ3n) is 3.73. The van der Waals surface area contributed by atoms with Gasteiger partial charge in [-0.2, -0.15) is 0 Å². The number of alkyl halides is 2. The zero-order valence-electron chi connectivity index (χ0n) is 12.7. The van der Waals surface area contributed by atoms with Crippen LogP contribution in [0.1, 0.15) is 38.2 Å². The molecular weight excluding hydrogens is 372 g/mol. The van der Waals surface area contributed by atoms with Gasteiger partial charge in [0.15, 0.2) is 11.6 Å². The molecule has 0 radical (unpaired) electrons. The fourth-order valence-electron chi connectivity index (χ4n) is 2.42. The van der Waals surface area contributed by atoms with Gasteiger partial charge >= 0.3 is 0 Å². The molecule has 2 aromatic rings. The molecule has 0 aliphatic heterocycles. The number of benzene rings is 2. The van der Waals surface area contributed by atoms with Crippen LogP contribution in [0.25, 0.3) is 11.1 Å². The Kier molecular flexibility index (Phi) is 5.84. The molecule has 5 heteroatoms. The molecule has 0 fully saturated rings. The maximum absolute atomic E-state index is 14.2. The third kappa shape index (κ3) is 4.14. The van der Waals surface area contributed by atoms with Crippen molar-refractivity contribution in [1.29, 1.82) is 0 Å². The van der Waals surface area contributed by atoms with Crippen LogP contribution in [0.3, 0.4) is 0 Å². The van der Waals surface area contributed by atoms with E-state index < -0.39 is 29.5 Å². The number of halogens is 5. The van der Waals surface area contributed by atoms with Crippen LogP contribution in [0.2, 0.25) is 0 Å². The summed E-state index contributed by atoms with van der Waals surface area (Å²) in [6, 6.07) is 8.76. The summed E-state index contributed by atoms with van der Waals surface area (Å²) in [6.45, 7) is 1.89. The summed E-state index contributed by atoms with van der Waals surface area (Å²) in [6.07, 6.45) is 1.22.